The number of rotatable bonds is 8. The molecule has 0 radical (unpaired) electrons. The standard InChI is InChI=1S/C27H32F3N5O2/c1-5-6-16-34(25(37)31-20-14-12-19(13-15-20)27(28,29)30)18-24(36)32-23-17-22(26(2,3)4)33-35(23)21-10-8-7-9-11-21/h7-15,17H,5-6,16,18H2,1-4H3,(H,31,37)(H,32,36). The Morgan fingerprint density at radius 1 is 0.973 bits per heavy atom. The Balaban J connectivity index is 1.76. The van der Waals surface area contributed by atoms with Gasteiger partial charge in [0.1, 0.15) is 12.4 Å². The fourth-order valence-corrected chi connectivity index (χ4v) is 3.50. The maximum Gasteiger partial charge on any atom is 0.416 e. The maximum atomic E-state index is 13.0. The maximum absolute atomic E-state index is 13.0. The molecule has 7 nitrogen and oxygen atoms in total. The summed E-state index contributed by atoms with van der Waals surface area (Å²) in [5.41, 5.74) is 0.703. The van der Waals surface area contributed by atoms with Gasteiger partial charge in [-0.05, 0) is 42.8 Å². The van der Waals surface area contributed by atoms with Crippen molar-refractivity contribution in [3.05, 3.63) is 71.9 Å². The molecular weight excluding hydrogens is 483 g/mol. The van der Waals surface area contributed by atoms with E-state index in [0.717, 1.165) is 29.9 Å². The summed E-state index contributed by atoms with van der Waals surface area (Å²) in [7, 11) is 0. The number of amides is 3. The number of carbonyl (C=O) groups excluding carboxylic acids is 2. The minimum absolute atomic E-state index is 0.205. The number of anilines is 2. The van der Waals surface area contributed by atoms with Crippen molar-refractivity contribution in [3.8, 4) is 5.69 Å². The first kappa shape index (κ1) is 27.8. The molecule has 37 heavy (non-hydrogen) atoms. The fraction of sp³-hybridized carbons (Fsp3) is 0.370. The fourth-order valence-electron chi connectivity index (χ4n) is 3.50. The van der Waals surface area contributed by atoms with Gasteiger partial charge in [0.25, 0.3) is 0 Å². The number of urea groups is 1. The lowest BCUT2D eigenvalue weighted by molar-refractivity contribution is -0.137. The van der Waals surface area contributed by atoms with E-state index in [1.54, 1.807) is 4.68 Å². The van der Waals surface area contributed by atoms with Crippen LogP contribution in [0.5, 0.6) is 0 Å². The zero-order valence-electron chi connectivity index (χ0n) is 21.4. The van der Waals surface area contributed by atoms with Gasteiger partial charge in [0.05, 0.1) is 16.9 Å². The molecule has 0 spiro atoms. The van der Waals surface area contributed by atoms with Crippen LogP contribution < -0.4 is 10.6 Å². The zero-order valence-corrected chi connectivity index (χ0v) is 21.4. The van der Waals surface area contributed by atoms with E-state index in [-0.39, 0.29) is 17.6 Å². The SMILES string of the molecule is CCCCN(CC(=O)Nc1cc(C(C)(C)C)nn1-c1ccccc1)C(=O)Nc1ccc(C(F)(F)F)cc1. The van der Waals surface area contributed by atoms with Gasteiger partial charge in [-0.25, -0.2) is 9.48 Å². The second-order valence-corrected chi connectivity index (χ2v) is 9.74. The van der Waals surface area contributed by atoms with E-state index in [0.29, 0.717) is 18.8 Å². The highest BCUT2D eigenvalue weighted by Crippen LogP contribution is 2.30. The summed E-state index contributed by atoms with van der Waals surface area (Å²) in [5, 5.41) is 10.1. The van der Waals surface area contributed by atoms with E-state index in [9.17, 15) is 22.8 Å². The molecule has 0 bridgehead atoms. The summed E-state index contributed by atoms with van der Waals surface area (Å²) in [6.45, 7) is 8.09. The predicted octanol–water partition coefficient (Wildman–Crippen LogP) is 6.46. The van der Waals surface area contributed by atoms with Crippen molar-refractivity contribution in [2.24, 2.45) is 0 Å². The number of para-hydroxylation sites is 1. The van der Waals surface area contributed by atoms with Crippen molar-refractivity contribution < 1.29 is 22.8 Å². The predicted molar refractivity (Wildman–Crippen MR) is 138 cm³/mol. The Labute approximate surface area is 214 Å². The van der Waals surface area contributed by atoms with Gasteiger partial charge in [-0.3, -0.25) is 4.79 Å². The molecule has 0 unspecified atom stereocenters. The van der Waals surface area contributed by atoms with Crippen LogP contribution in [0.2, 0.25) is 0 Å². The first-order valence-corrected chi connectivity index (χ1v) is 12.1. The zero-order chi connectivity index (χ0) is 27.2. The average Bonchev–Trinajstić information content (AvgIpc) is 3.26. The quantitative estimate of drug-likeness (QED) is 0.361. The molecule has 0 aliphatic heterocycles. The number of aromatic nitrogens is 2. The Morgan fingerprint density at radius 2 is 1.62 bits per heavy atom. The second-order valence-electron chi connectivity index (χ2n) is 9.74. The van der Waals surface area contributed by atoms with E-state index < -0.39 is 23.7 Å². The number of benzene rings is 2. The summed E-state index contributed by atoms with van der Waals surface area (Å²) < 4.78 is 40.1. The Kier molecular flexibility index (Phi) is 8.62. The van der Waals surface area contributed by atoms with Crippen LogP contribution >= 0.6 is 0 Å². The van der Waals surface area contributed by atoms with Crippen molar-refractivity contribution in [1.29, 1.82) is 0 Å². The molecule has 1 heterocycles. The monoisotopic (exact) mass is 515 g/mol. The summed E-state index contributed by atoms with van der Waals surface area (Å²) in [4.78, 5) is 27.3. The molecule has 3 rings (SSSR count). The molecule has 3 aromatic rings. The van der Waals surface area contributed by atoms with E-state index in [1.165, 1.54) is 17.0 Å². The number of hydrogen-bond donors (Lipinski definition) is 2. The third-order valence-electron chi connectivity index (χ3n) is 5.61. The van der Waals surface area contributed by atoms with Gasteiger partial charge in [0, 0.05) is 23.7 Å². The number of nitrogens with zero attached hydrogens (tertiary/aromatic N) is 3. The molecule has 0 saturated heterocycles. The van der Waals surface area contributed by atoms with E-state index in [4.69, 9.17) is 0 Å². The van der Waals surface area contributed by atoms with Gasteiger partial charge >= 0.3 is 12.2 Å². The highest BCUT2D eigenvalue weighted by atomic mass is 19.4. The lowest BCUT2D eigenvalue weighted by atomic mass is 9.92. The Bertz CT molecular complexity index is 1200. The van der Waals surface area contributed by atoms with Crippen LogP contribution in [0, 0.1) is 0 Å². The third-order valence-corrected chi connectivity index (χ3v) is 5.61. The van der Waals surface area contributed by atoms with E-state index >= 15 is 0 Å². The molecule has 0 fully saturated rings. The molecule has 3 amide bonds. The normalized spacial score (nSPS) is 11.8. The molecule has 10 heteroatoms. The first-order valence-electron chi connectivity index (χ1n) is 12.1. The topological polar surface area (TPSA) is 79.3 Å². The number of alkyl halides is 3. The number of halogens is 3. The Morgan fingerprint density at radius 3 is 2.19 bits per heavy atom. The number of unbranched alkanes of at least 4 members (excludes halogenated alkanes) is 1. The van der Waals surface area contributed by atoms with Crippen LogP contribution in [0.4, 0.5) is 29.5 Å². The van der Waals surface area contributed by atoms with Crippen molar-refractivity contribution in [1.82, 2.24) is 14.7 Å². The van der Waals surface area contributed by atoms with Crippen LogP contribution in [-0.2, 0) is 16.4 Å². The van der Waals surface area contributed by atoms with E-state index in [1.807, 2.05) is 64.1 Å². The minimum Gasteiger partial charge on any atom is -0.315 e. The summed E-state index contributed by atoms with van der Waals surface area (Å²) in [5.74, 6) is 0.0518. The number of nitrogens with one attached hydrogen (secondary N) is 2. The van der Waals surface area contributed by atoms with Gasteiger partial charge in [0.15, 0.2) is 0 Å². The molecule has 0 atom stereocenters. The van der Waals surface area contributed by atoms with Crippen LogP contribution in [0.1, 0.15) is 51.8 Å². The van der Waals surface area contributed by atoms with Crippen molar-refractivity contribution in [2.45, 2.75) is 52.1 Å². The summed E-state index contributed by atoms with van der Waals surface area (Å²) in [6, 6.07) is 14.8. The molecule has 198 valence electrons. The number of carbonyl (C=O) groups is 2. The smallest absolute Gasteiger partial charge is 0.315 e. The molecule has 1 aromatic heterocycles. The summed E-state index contributed by atoms with van der Waals surface area (Å²) in [6.07, 6.45) is -3.02. The lowest BCUT2D eigenvalue weighted by Gasteiger charge is -2.22. The van der Waals surface area contributed by atoms with Crippen molar-refractivity contribution >= 4 is 23.4 Å². The first-order chi connectivity index (χ1) is 17.4. The lowest BCUT2D eigenvalue weighted by Crippen LogP contribution is -2.41. The largest absolute Gasteiger partial charge is 0.416 e. The van der Waals surface area contributed by atoms with Gasteiger partial charge < -0.3 is 15.5 Å². The van der Waals surface area contributed by atoms with Gasteiger partial charge in [0.2, 0.25) is 5.91 Å². The summed E-state index contributed by atoms with van der Waals surface area (Å²) >= 11 is 0. The van der Waals surface area contributed by atoms with Gasteiger partial charge in [-0.15, -0.1) is 0 Å². The highest BCUT2D eigenvalue weighted by Gasteiger charge is 2.30. The molecular formula is C27H32F3N5O2. The van der Waals surface area contributed by atoms with Gasteiger partial charge in [-0.2, -0.15) is 18.3 Å². The minimum atomic E-state index is -4.47. The molecule has 0 saturated carbocycles. The highest BCUT2D eigenvalue weighted by molar-refractivity contribution is 5.96. The average molecular weight is 516 g/mol. The number of hydrogen-bond acceptors (Lipinski definition) is 3. The van der Waals surface area contributed by atoms with Crippen molar-refractivity contribution in [2.75, 3.05) is 23.7 Å². The molecule has 0 aliphatic carbocycles. The molecule has 0 aliphatic rings. The van der Waals surface area contributed by atoms with Crippen LogP contribution in [0.15, 0.2) is 60.7 Å². The Hall–Kier alpha value is -3.82. The third kappa shape index (κ3) is 7.58. The van der Waals surface area contributed by atoms with Crippen LogP contribution in [-0.4, -0.2) is 39.7 Å². The van der Waals surface area contributed by atoms with E-state index in [2.05, 4.69) is 15.7 Å². The molecule has 2 N–H and O–H groups in total. The van der Waals surface area contributed by atoms with Gasteiger partial charge in [-0.1, -0.05) is 52.3 Å². The molecule has 2 aromatic carbocycles. The van der Waals surface area contributed by atoms with Crippen molar-refractivity contribution in [3.63, 3.8) is 0 Å². The van der Waals surface area contributed by atoms with Crippen LogP contribution in [0.3, 0.4) is 0 Å². The second kappa shape index (κ2) is 11.5. The van der Waals surface area contributed by atoms with Crippen LogP contribution in [0.25, 0.3) is 5.69 Å².